The fourth-order valence-electron chi connectivity index (χ4n) is 2.48. The average Bonchev–Trinajstić information content (AvgIpc) is 2.56. The van der Waals surface area contributed by atoms with Crippen molar-refractivity contribution in [3.8, 4) is 0 Å². The number of ether oxygens (including phenoxy) is 1. The highest BCUT2D eigenvalue weighted by molar-refractivity contribution is 5.96. The lowest BCUT2D eigenvalue weighted by Crippen LogP contribution is -2.28. The maximum atomic E-state index is 12.0. The van der Waals surface area contributed by atoms with Gasteiger partial charge in [-0.3, -0.25) is 4.79 Å². The van der Waals surface area contributed by atoms with Crippen molar-refractivity contribution in [2.24, 2.45) is 5.92 Å². The van der Waals surface area contributed by atoms with Gasteiger partial charge in [-0.15, -0.1) is 10.2 Å². The smallest absolute Gasteiger partial charge is 0.340 e. The van der Waals surface area contributed by atoms with Crippen molar-refractivity contribution >= 4 is 29.2 Å². The fourth-order valence-corrected chi connectivity index (χ4v) is 2.48. The number of hydrogen-bond acceptors (Lipinski definition) is 6. The maximum absolute atomic E-state index is 12.0. The molecule has 7 nitrogen and oxygen atoms in total. The third-order valence-corrected chi connectivity index (χ3v) is 4.08. The SMILES string of the molecule is CCOC(=O)c1ccccc1Nc1ccc(NC(=O)C2CCC2)nn1. The number of carbonyl (C=O) groups excluding carboxylic acids is 2. The number of esters is 1. The van der Waals surface area contributed by atoms with Crippen LogP contribution in [0, 0.1) is 5.92 Å². The predicted molar refractivity (Wildman–Crippen MR) is 93.7 cm³/mol. The molecular weight excluding hydrogens is 320 g/mol. The van der Waals surface area contributed by atoms with Crippen LogP contribution >= 0.6 is 0 Å². The topological polar surface area (TPSA) is 93.2 Å². The number of benzene rings is 1. The van der Waals surface area contributed by atoms with Crippen molar-refractivity contribution in [1.29, 1.82) is 0 Å². The lowest BCUT2D eigenvalue weighted by atomic mass is 9.85. The number of carbonyl (C=O) groups is 2. The van der Waals surface area contributed by atoms with Gasteiger partial charge < -0.3 is 15.4 Å². The Bertz CT molecular complexity index is 757. The fraction of sp³-hybridized carbons (Fsp3) is 0.333. The predicted octanol–water partition coefficient (Wildman–Crippen LogP) is 3.14. The van der Waals surface area contributed by atoms with Crippen LogP contribution in [0.3, 0.4) is 0 Å². The summed E-state index contributed by atoms with van der Waals surface area (Å²) in [7, 11) is 0. The van der Waals surface area contributed by atoms with Crippen LogP contribution < -0.4 is 10.6 Å². The Kier molecular flexibility index (Phi) is 5.23. The molecular formula is C18H20N4O3. The summed E-state index contributed by atoms with van der Waals surface area (Å²) in [6.07, 6.45) is 2.97. The van der Waals surface area contributed by atoms with Crippen LogP contribution in [-0.2, 0) is 9.53 Å². The van der Waals surface area contributed by atoms with Crippen LogP contribution in [-0.4, -0.2) is 28.7 Å². The second kappa shape index (κ2) is 7.74. The van der Waals surface area contributed by atoms with Gasteiger partial charge in [0.25, 0.3) is 0 Å². The van der Waals surface area contributed by atoms with E-state index in [1.807, 2.05) is 6.07 Å². The number of aromatic nitrogens is 2. The van der Waals surface area contributed by atoms with E-state index in [4.69, 9.17) is 4.74 Å². The first kappa shape index (κ1) is 16.9. The Morgan fingerprint density at radius 1 is 1.12 bits per heavy atom. The molecule has 25 heavy (non-hydrogen) atoms. The molecule has 0 spiro atoms. The van der Waals surface area contributed by atoms with E-state index in [-0.39, 0.29) is 11.8 Å². The number of nitrogens with zero attached hydrogens (tertiary/aromatic N) is 2. The number of rotatable bonds is 6. The summed E-state index contributed by atoms with van der Waals surface area (Å²) in [5.74, 6) is 0.576. The van der Waals surface area contributed by atoms with E-state index in [0.717, 1.165) is 19.3 Å². The zero-order valence-corrected chi connectivity index (χ0v) is 14.0. The van der Waals surface area contributed by atoms with Crippen LogP contribution in [0.1, 0.15) is 36.5 Å². The maximum Gasteiger partial charge on any atom is 0.340 e. The molecule has 1 aliphatic carbocycles. The molecule has 2 aromatic rings. The summed E-state index contributed by atoms with van der Waals surface area (Å²) in [5, 5.41) is 13.9. The highest BCUT2D eigenvalue weighted by Gasteiger charge is 2.25. The molecule has 0 atom stereocenters. The van der Waals surface area contributed by atoms with Gasteiger partial charge in [-0.1, -0.05) is 18.6 Å². The molecule has 0 saturated heterocycles. The zero-order chi connectivity index (χ0) is 17.6. The average molecular weight is 340 g/mol. The molecule has 1 aromatic carbocycles. The van der Waals surface area contributed by atoms with Crippen LogP contribution in [0.4, 0.5) is 17.3 Å². The molecule has 1 aromatic heterocycles. The van der Waals surface area contributed by atoms with E-state index >= 15 is 0 Å². The standard InChI is InChI=1S/C18H20N4O3/c1-2-25-18(24)13-8-3-4-9-14(13)19-15-10-11-16(22-21-15)20-17(23)12-6-5-7-12/h3-4,8-12H,2,5-7H2,1H3,(H,19,21)(H,20,22,23). The lowest BCUT2D eigenvalue weighted by molar-refractivity contribution is -0.122. The molecule has 1 saturated carbocycles. The molecule has 0 radical (unpaired) electrons. The van der Waals surface area contributed by atoms with Crippen LogP contribution in [0.25, 0.3) is 0 Å². The van der Waals surface area contributed by atoms with E-state index in [1.165, 1.54) is 0 Å². The lowest BCUT2D eigenvalue weighted by Gasteiger charge is -2.23. The first-order valence-electron chi connectivity index (χ1n) is 8.35. The molecule has 1 fully saturated rings. The molecule has 0 unspecified atom stereocenters. The second-order valence-corrected chi connectivity index (χ2v) is 5.81. The minimum absolute atomic E-state index is 0.00563. The Hall–Kier alpha value is -2.96. The molecule has 2 N–H and O–H groups in total. The normalized spacial score (nSPS) is 13.6. The van der Waals surface area contributed by atoms with Gasteiger partial charge in [-0.2, -0.15) is 0 Å². The molecule has 130 valence electrons. The number of hydrogen-bond donors (Lipinski definition) is 2. The van der Waals surface area contributed by atoms with E-state index in [9.17, 15) is 9.59 Å². The third kappa shape index (κ3) is 4.12. The van der Waals surface area contributed by atoms with Crippen LogP contribution in [0.2, 0.25) is 0 Å². The van der Waals surface area contributed by atoms with Crippen molar-refractivity contribution in [2.45, 2.75) is 26.2 Å². The zero-order valence-electron chi connectivity index (χ0n) is 14.0. The Morgan fingerprint density at radius 3 is 2.48 bits per heavy atom. The van der Waals surface area contributed by atoms with E-state index < -0.39 is 5.97 Å². The van der Waals surface area contributed by atoms with Gasteiger partial charge in [-0.05, 0) is 44.0 Å². The second-order valence-electron chi connectivity index (χ2n) is 5.81. The van der Waals surface area contributed by atoms with E-state index in [2.05, 4.69) is 20.8 Å². The Morgan fingerprint density at radius 2 is 1.84 bits per heavy atom. The van der Waals surface area contributed by atoms with Gasteiger partial charge in [0.2, 0.25) is 5.91 Å². The minimum Gasteiger partial charge on any atom is -0.462 e. The van der Waals surface area contributed by atoms with Crippen molar-refractivity contribution in [3.63, 3.8) is 0 Å². The number of amides is 1. The molecule has 1 heterocycles. The molecule has 0 aliphatic heterocycles. The third-order valence-electron chi connectivity index (χ3n) is 4.08. The van der Waals surface area contributed by atoms with Crippen molar-refractivity contribution in [3.05, 3.63) is 42.0 Å². The summed E-state index contributed by atoms with van der Waals surface area (Å²) < 4.78 is 5.05. The summed E-state index contributed by atoms with van der Waals surface area (Å²) in [6, 6.07) is 10.4. The quantitative estimate of drug-likeness (QED) is 0.785. The largest absolute Gasteiger partial charge is 0.462 e. The molecule has 7 heteroatoms. The molecule has 0 bridgehead atoms. The molecule has 3 rings (SSSR count). The summed E-state index contributed by atoms with van der Waals surface area (Å²) in [6.45, 7) is 2.07. The van der Waals surface area contributed by atoms with Gasteiger partial charge in [0.1, 0.15) is 0 Å². The summed E-state index contributed by atoms with van der Waals surface area (Å²) in [4.78, 5) is 23.9. The number of nitrogens with one attached hydrogen (secondary N) is 2. The number of para-hydroxylation sites is 1. The molecule has 1 amide bonds. The van der Waals surface area contributed by atoms with E-state index in [0.29, 0.717) is 29.5 Å². The molecule has 1 aliphatic rings. The first-order chi connectivity index (χ1) is 12.2. The number of anilines is 3. The van der Waals surface area contributed by atoms with Crippen molar-refractivity contribution in [2.75, 3.05) is 17.2 Å². The van der Waals surface area contributed by atoms with Crippen LogP contribution in [0.5, 0.6) is 0 Å². The Labute approximate surface area is 145 Å². The van der Waals surface area contributed by atoms with Gasteiger partial charge in [0.05, 0.1) is 17.9 Å². The van der Waals surface area contributed by atoms with Crippen molar-refractivity contribution in [1.82, 2.24) is 10.2 Å². The van der Waals surface area contributed by atoms with E-state index in [1.54, 1.807) is 37.3 Å². The summed E-state index contributed by atoms with van der Waals surface area (Å²) >= 11 is 0. The van der Waals surface area contributed by atoms with Crippen LogP contribution in [0.15, 0.2) is 36.4 Å². The van der Waals surface area contributed by atoms with Gasteiger partial charge in [-0.25, -0.2) is 4.79 Å². The monoisotopic (exact) mass is 340 g/mol. The highest BCUT2D eigenvalue weighted by Crippen LogP contribution is 2.27. The Balaban J connectivity index is 1.67. The highest BCUT2D eigenvalue weighted by atomic mass is 16.5. The summed E-state index contributed by atoms with van der Waals surface area (Å²) in [5.41, 5.74) is 1.01. The minimum atomic E-state index is -0.400. The van der Waals surface area contributed by atoms with Gasteiger partial charge >= 0.3 is 5.97 Å². The van der Waals surface area contributed by atoms with Gasteiger partial charge in [0, 0.05) is 5.92 Å². The van der Waals surface area contributed by atoms with Gasteiger partial charge in [0.15, 0.2) is 11.6 Å². The first-order valence-corrected chi connectivity index (χ1v) is 8.35. The van der Waals surface area contributed by atoms with Crippen molar-refractivity contribution < 1.29 is 14.3 Å².